The molecular formula is C13H21BrClN2O+. The van der Waals surface area contributed by atoms with Gasteiger partial charge in [-0.2, -0.15) is 0 Å². The summed E-state index contributed by atoms with van der Waals surface area (Å²) in [5.74, 6) is 0.146. The van der Waals surface area contributed by atoms with Gasteiger partial charge in [0.05, 0.1) is 0 Å². The molecule has 3 saturated heterocycles. The van der Waals surface area contributed by atoms with Gasteiger partial charge in [0, 0.05) is 12.8 Å². The first-order chi connectivity index (χ1) is 8.53. The van der Waals surface area contributed by atoms with Gasteiger partial charge in [0.1, 0.15) is 6.54 Å². The number of nitrogens with one attached hydrogen (secondary N) is 1. The molecule has 3 heterocycles. The van der Waals surface area contributed by atoms with Gasteiger partial charge in [-0.1, -0.05) is 28.8 Å². The molecule has 0 radical (unpaired) electrons. The van der Waals surface area contributed by atoms with E-state index in [9.17, 15) is 4.79 Å². The molecule has 0 aromatic rings. The maximum absolute atomic E-state index is 12.8. The molecule has 2 bridgehead atoms. The summed E-state index contributed by atoms with van der Waals surface area (Å²) in [7, 11) is 0. The van der Waals surface area contributed by atoms with E-state index in [4.69, 9.17) is 11.8 Å². The third-order valence-corrected chi connectivity index (χ3v) is 6.52. The molecule has 1 amide bonds. The van der Waals surface area contributed by atoms with E-state index in [2.05, 4.69) is 21.2 Å². The van der Waals surface area contributed by atoms with Crippen LogP contribution >= 0.6 is 27.7 Å². The van der Waals surface area contributed by atoms with Gasteiger partial charge in [-0.3, -0.25) is 0 Å². The quantitative estimate of drug-likeness (QED) is 0.417. The van der Waals surface area contributed by atoms with Crippen LogP contribution in [0.4, 0.5) is 0 Å². The van der Waals surface area contributed by atoms with Crippen molar-refractivity contribution in [2.24, 2.45) is 0 Å². The molecule has 0 aromatic heterocycles. The van der Waals surface area contributed by atoms with Gasteiger partial charge in [-0.05, 0) is 32.1 Å². The van der Waals surface area contributed by atoms with Crippen molar-refractivity contribution in [3.63, 3.8) is 0 Å². The summed E-state index contributed by atoms with van der Waals surface area (Å²) in [5, 5.41) is 3.62. The number of rotatable bonds is 0. The Kier molecular flexibility index (Phi) is 3.29. The number of fused-ring (bicyclic) bond motifs is 1. The number of alkyl halides is 1. The van der Waals surface area contributed by atoms with Crippen LogP contribution in [0.25, 0.3) is 0 Å². The van der Waals surface area contributed by atoms with Crippen molar-refractivity contribution in [1.29, 1.82) is 0 Å². The molecule has 0 aliphatic carbocycles. The molecule has 5 heteroatoms. The first-order valence-electron chi connectivity index (χ1n) is 7.14. The minimum absolute atomic E-state index is 0.0955. The molecule has 18 heavy (non-hydrogen) atoms. The number of hydrogen-bond donors (Lipinski definition) is 1. The van der Waals surface area contributed by atoms with Gasteiger partial charge in [-0.15, -0.1) is 4.00 Å². The molecule has 3 unspecified atom stereocenters. The van der Waals surface area contributed by atoms with E-state index < -0.39 is 4.45 Å². The number of carbonyl (C=O) groups excluding carboxylic acids is 1. The highest BCUT2D eigenvalue weighted by Crippen LogP contribution is 2.51. The van der Waals surface area contributed by atoms with Gasteiger partial charge in [-0.25, -0.2) is 10.1 Å². The molecule has 1 N–H and O–H groups in total. The van der Waals surface area contributed by atoms with Crippen LogP contribution in [0.3, 0.4) is 0 Å². The van der Waals surface area contributed by atoms with Crippen molar-refractivity contribution in [3.8, 4) is 0 Å². The average molecular weight is 337 g/mol. The zero-order chi connectivity index (χ0) is 12.9. The lowest BCUT2D eigenvalue weighted by atomic mass is 9.93. The number of nitrogens with zero attached hydrogens (tertiary/aromatic N) is 1. The number of amides is 1. The first kappa shape index (κ1) is 13.3. The Bertz CT molecular complexity index is 380. The van der Waals surface area contributed by atoms with Crippen molar-refractivity contribution in [2.45, 2.75) is 67.9 Å². The van der Waals surface area contributed by atoms with Gasteiger partial charge in [0.15, 0.2) is 21.9 Å². The van der Waals surface area contributed by atoms with E-state index in [1.54, 1.807) is 0 Å². The zero-order valence-electron chi connectivity index (χ0n) is 10.7. The lowest BCUT2D eigenvalue weighted by Gasteiger charge is -2.38. The fraction of sp³-hybridized carbons (Fsp3) is 0.923. The second kappa shape index (κ2) is 4.44. The Labute approximate surface area is 122 Å². The molecule has 0 aromatic carbocycles. The van der Waals surface area contributed by atoms with Gasteiger partial charge >= 0.3 is 5.91 Å². The molecule has 3 rings (SSSR count). The van der Waals surface area contributed by atoms with E-state index in [1.807, 2.05) is 0 Å². The number of halogens is 2. The molecule has 3 aliphatic heterocycles. The normalized spacial score (nSPS) is 49.1. The lowest BCUT2D eigenvalue weighted by molar-refractivity contribution is -0.791. The second-order valence-corrected chi connectivity index (χ2v) is 8.01. The Morgan fingerprint density at radius 3 is 2.39 bits per heavy atom. The highest BCUT2D eigenvalue weighted by molar-refractivity contribution is 9.10. The number of hydrogen-bond acceptors (Lipinski definition) is 2. The summed E-state index contributed by atoms with van der Waals surface area (Å²) in [6, 6.07) is 0. The minimum Gasteiger partial charge on any atom is -0.236 e. The molecular weight excluding hydrogens is 316 g/mol. The highest BCUT2D eigenvalue weighted by Gasteiger charge is 2.70. The summed E-state index contributed by atoms with van der Waals surface area (Å²) >= 11 is 10.5. The minimum atomic E-state index is -0.577. The third-order valence-electron chi connectivity index (χ3n) is 4.94. The Balaban J connectivity index is 2.06. The predicted molar refractivity (Wildman–Crippen MR) is 75.1 cm³/mol. The summed E-state index contributed by atoms with van der Waals surface area (Å²) in [6.07, 6.45) is 9.82. The van der Waals surface area contributed by atoms with E-state index in [0.717, 1.165) is 38.6 Å². The Morgan fingerprint density at radius 2 is 1.67 bits per heavy atom. The molecule has 3 fully saturated rings. The van der Waals surface area contributed by atoms with Gasteiger partial charge in [0.25, 0.3) is 0 Å². The fourth-order valence-electron chi connectivity index (χ4n) is 3.96. The van der Waals surface area contributed by atoms with Crippen LogP contribution in [0.5, 0.6) is 0 Å². The van der Waals surface area contributed by atoms with Crippen LogP contribution in [-0.2, 0) is 4.79 Å². The second-order valence-electron chi connectivity index (χ2n) is 6.07. The van der Waals surface area contributed by atoms with Crippen LogP contribution in [0.15, 0.2) is 0 Å². The predicted octanol–water partition coefficient (Wildman–Crippen LogP) is 3.41. The fourth-order valence-corrected chi connectivity index (χ4v) is 5.49. The molecule has 1 spiro atoms. The number of carbonyl (C=O) groups is 1. The Morgan fingerprint density at radius 1 is 1.06 bits per heavy atom. The maximum Gasteiger partial charge on any atom is 0.364 e. The van der Waals surface area contributed by atoms with Crippen LogP contribution < -0.4 is 5.32 Å². The van der Waals surface area contributed by atoms with E-state index in [-0.39, 0.29) is 15.6 Å². The maximum atomic E-state index is 12.8. The van der Waals surface area contributed by atoms with Crippen molar-refractivity contribution < 1.29 is 8.80 Å². The Hall–Kier alpha value is 0.360. The molecule has 3 nitrogen and oxygen atoms in total. The van der Waals surface area contributed by atoms with Gasteiger partial charge < -0.3 is 0 Å². The van der Waals surface area contributed by atoms with E-state index in [1.165, 1.54) is 25.7 Å². The standard InChI is InChI=1S/C13H21BrClN2O/c14-13-9-5-1-3-7-12(16-13)8-4-2-6-10-17(12,15)11(13)18/h16H,1-10H2/q+1. The lowest BCUT2D eigenvalue weighted by Crippen LogP contribution is -2.60. The molecule has 3 atom stereocenters. The first-order valence-corrected chi connectivity index (χ1v) is 8.27. The number of quaternary nitrogens is 1. The summed E-state index contributed by atoms with van der Waals surface area (Å²) in [4.78, 5) is 12.8. The average Bonchev–Trinajstić information content (AvgIpc) is 2.43. The summed E-state index contributed by atoms with van der Waals surface area (Å²) in [5.41, 5.74) is -0.223. The molecule has 0 saturated carbocycles. The molecule has 102 valence electrons. The third kappa shape index (κ3) is 1.72. The topological polar surface area (TPSA) is 29.1 Å². The van der Waals surface area contributed by atoms with Crippen LogP contribution in [0, 0.1) is 0 Å². The summed E-state index contributed by atoms with van der Waals surface area (Å²) < 4.78 is -0.481. The largest absolute Gasteiger partial charge is 0.364 e. The van der Waals surface area contributed by atoms with Crippen molar-refractivity contribution in [2.75, 3.05) is 6.54 Å². The van der Waals surface area contributed by atoms with Crippen LogP contribution in [0.1, 0.15) is 57.8 Å². The monoisotopic (exact) mass is 335 g/mol. The van der Waals surface area contributed by atoms with Crippen LogP contribution in [0.2, 0.25) is 0 Å². The van der Waals surface area contributed by atoms with Crippen molar-refractivity contribution in [1.82, 2.24) is 5.32 Å². The van der Waals surface area contributed by atoms with Crippen LogP contribution in [-0.4, -0.2) is 26.6 Å². The molecule has 3 aliphatic rings. The van der Waals surface area contributed by atoms with Crippen molar-refractivity contribution >= 4 is 33.6 Å². The highest BCUT2D eigenvalue weighted by atomic mass is 79.9. The SMILES string of the molecule is O=C1C2(Br)CCCCCC3(CCCCC[N+]13Cl)N2. The van der Waals surface area contributed by atoms with E-state index >= 15 is 0 Å². The van der Waals surface area contributed by atoms with Crippen molar-refractivity contribution in [3.05, 3.63) is 0 Å². The summed E-state index contributed by atoms with van der Waals surface area (Å²) in [6.45, 7) is 0.779. The van der Waals surface area contributed by atoms with Gasteiger partial charge in [0.2, 0.25) is 0 Å². The smallest absolute Gasteiger partial charge is 0.236 e. The van der Waals surface area contributed by atoms with E-state index in [0.29, 0.717) is 0 Å². The zero-order valence-corrected chi connectivity index (χ0v) is 13.0.